The van der Waals surface area contributed by atoms with Gasteiger partial charge in [-0.25, -0.2) is 4.79 Å². The van der Waals surface area contributed by atoms with Gasteiger partial charge in [-0.3, -0.25) is 9.59 Å². The molecule has 0 bridgehead atoms. The molecule has 1 unspecified atom stereocenters. The molecule has 120 valence electrons. The Hall–Kier alpha value is -1.79. The minimum atomic E-state index is -0.916. The number of amides is 3. The van der Waals surface area contributed by atoms with Gasteiger partial charge in [-0.2, -0.15) is 0 Å². The van der Waals surface area contributed by atoms with Crippen molar-refractivity contribution in [3.05, 3.63) is 0 Å². The van der Waals surface area contributed by atoms with Gasteiger partial charge < -0.3 is 20.2 Å². The Morgan fingerprint density at radius 2 is 2.00 bits per heavy atom. The van der Waals surface area contributed by atoms with Crippen LogP contribution in [0.25, 0.3) is 0 Å². The van der Waals surface area contributed by atoms with Crippen LogP contribution in [0.3, 0.4) is 0 Å². The minimum Gasteiger partial charge on any atom is -0.481 e. The van der Waals surface area contributed by atoms with Gasteiger partial charge in [0.25, 0.3) is 0 Å². The molecular weight excluding hydrogens is 274 g/mol. The maximum Gasteiger partial charge on any atom is 0.318 e. The van der Waals surface area contributed by atoms with E-state index in [-0.39, 0.29) is 18.5 Å². The summed E-state index contributed by atoms with van der Waals surface area (Å²) < 4.78 is 0. The largest absolute Gasteiger partial charge is 0.481 e. The van der Waals surface area contributed by atoms with Crippen molar-refractivity contribution in [1.82, 2.24) is 15.1 Å². The number of nitrogens with zero attached hydrogens (tertiary/aromatic N) is 2. The predicted octanol–water partition coefficient (Wildman–Crippen LogP) is 0.750. The lowest BCUT2D eigenvalue weighted by molar-refractivity contribution is -0.144. The highest BCUT2D eigenvalue weighted by atomic mass is 16.4. The van der Waals surface area contributed by atoms with Crippen molar-refractivity contribution in [2.45, 2.75) is 39.2 Å². The molecule has 1 aliphatic heterocycles. The van der Waals surface area contributed by atoms with E-state index in [0.717, 1.165) is 6.42 Å². The fourth-order valence-electron chi connectivity index (χ4n) is 2.54. The Kier molecular flexibility index (Phi) is 5.57. The molecule has 0 saturated carbocycles. The first-order valence-electron chi connectivity index (χ1n) is 7.25. The Morgan fingerprint density at radius 3 is 2.52 bits per heavy atom. The number of carboxylic acid groups (broad SMARTS) is 1. The van der Waals surface area contributed by atoms with Crippen LogP contribution in [-0.2, 0) is 9.59 Å². The van der Waals surface area contributed by atoms with Gasteiger partial charge in [0.15, 0.2) is 0 Å². The third-order valence-electron chi connectivity index (χ3n) is 3.94. The van der Waals surface area contributed by atoms with Crippen LogP contribution in [0.2, 0.25) is 0 Å². The fourth-order valence-corrected chi connectivity index (χ4v) is 2.54. The number of likely N-dealkylation sites (N-methyl/N-ethyl adjacent to an activating group) is 1. The molecule has 1 saturated heterocycles. The number of aliphatic carboxylic acids is 1. The summed E-state index contributed by atoms with van der Waals surface area (Å²) >= 11 is 0. The van der Waals surface area contributed by atoms with Gasteiger partial charge in [0.05, 0.1) is 5.92 Å². The summed E-state index contributed by atoms with van der Waals surface area (Å²) in [4.78, 5) is 38.5. The molecule has 7 heteroatoms. The standard InChI is InChI=1S/C14H25N3O4/c1-5-6-10(11(18)19)9-15-13(21)17-8-7-16(4)12(20)14(17,2)3/h10H,5-9H2,1-4H3,(H,15,21)(H,18,19). The average molecular weight is 299 g/mol. The van der Waals surface area contributed by atoms with Crippen molar-refractivity contribution in [3.63, 3.8) is 0 Å². The molecule has 1 atom stereocenters. The summed E-state index contributed by atoms with van der Waals surface area (Å²) in [6, 6.07) is -0.385. The Morgan fingerprint density at radius 1 is 1.38 bits per heavy atom. The number of carboxylic acids is 1. The monoisotopic (exact) mass is 299 g/mol. The van der Waals surface area contributed by atoms with Crippen LogP contribution >= 0.6 is 0 Å². The molecule has 2 N–H and O–H groups in total. The molecule has 7 nitrogen and oxygen atoms in total. The summed E-state index contributed by atoms with van der Waals surface area (Å²) in [6.07, 6.45) is 1.26. The number of nitrogens with one attached hydrogen (secondary N) is 1. The molecule has 1 fully saturated rings. The Bertz CT molecular complexity index is 422. The summed E-state index contributed by atoms with van der Waals surface area (Å²) in [5, 5.41) is 11.7. The number of carbonyl (C=O) groups is 3. The molecule has 3 amide bonds. The van der Waals surface area contributed by atoms with E-state index < -0.39 is 17.4 Å². The smallest absolute Gasteiger partial charge is 0.318 e. The third-order valence-corrected chi connectivity index (χ3v) is 3.94. The fraction of sp³-hybridized carbons (Fsp3) is 0.786. The normalized spacial score (nSPS) is 19.3. The van der Waals surface area contributed by atoms with Crippen molar-refractivity contribution < 1.29 is 19.5 Å². The Balaban J connectivity index is 2.67. The molecule has 0 aromatic carbocycles. The zero-order valence-corrected chi connectivity index (χ0v) is 13.2. The summed E-state index contributed by atoms with van der Waals surface area (Å²) in [5.41, 5.74) is -0.916. The highest BCUT2D eigenvalue weighted by Gasteiger charge is 2.43. The molecule has 1 aliphatic rings. The maximum atomic E-state index is 12.2. The predicted molar refractivity (Wildman–Crippen MR) is 77.9 cm³/mol. The second kappa shape index (κ2) is 6.78. The van der Waals surface area contributed by atoms with Crippen LogP contribution < -0.4 is 5.32 Å². The third kappa shape index (κ3) is 3.86. The molecule has 0 aliphatic carbocycles. The van der Waals surface area contributed by atoms with E-state index in [9.17, 15) is 14.4 Å². The van der Waals surface area contributed by atoms with Gasteiger partial charge in [-0.05, 0) is 20.3 Å². The number of rotatable bonds is 5. The van der Waals surface area contributed by atoms with Gasteiger partial charge in [0.2, 0.25) is 5.91 Å². The molecule has 1 heterocycles. The zero-order chi connectivity index (χ0) is 16.2. The van der Waals surface area contributed by atoms with Crippen LogP contribution in [0.15, 0.2) is 0 Å². The van der Waals surface area contributed by atoms with E-state index >= 15 is 0 Å². The van der Waals surface area contributed by atoms with Crippen LogP contribution in [0, 0.1) is 5.92 Å². The van der Waals surface area contributed by atoms with E-state index in [1.807, 2.05) is 6.92 Å². The number of carbonyl (C=O) groups excluding carboxylic acids is 2. The zero-order valence-electron chi connectivity index (χ0n) is 13.2. The number of hydrogen-bond donors (Lipinski definition) is 2. The first kappa shape index (κ1) is 17.3. The topological polar surface area (TPSA) is 90.0 Å². The van der Waals surface area contributed by atoms with Gasteiger partial charge in [0, 0.05) is 26.7 Å². The van der Waals surface area contributed by atoms with Crippen LogP contribution in [0.4, 0.5) is 4.79 Å². The van der Waals surface area contributed by atoms with E-state index in [1.165, 1.54) is 4.90 Å². The van der Waals surface area contributed by atoms with Gasteiger partial charge in [-0.15, -0.1) is 0 Å². The van der Waals surface area contributed by atoms with E-state index in [2.05, 4.69) is 5.32 Å². The van der Waals surface area contributed by atoms with Gasteiger partial charge in [0.1, 0.15) is 5.54 Å². The molecule has 0 spiro atoms. The van der Waals surface area contributed by atoms with Crippen molar-refractivity contribution in [3.8, 4) is 0 Å². The van der Waals surface area contributed by atoms with Crippen LogP contribution in [0.5, 0.6) is 0 Å². The van der Waals surface area contributed by atoms with Crippen LogP contribution in [0.1, 0.15) is 33.6 Å². The number of urea groups is 1. The van der Waals surface area contributed by atoms with Gasteiger partial charge in [-0.1, -0.05) is 13.3 Å². The van der Waals surface area contributed by atoms with Crippen molar-refractivity contribution >= 4 is 17.9 Å². The van der Waals surface area contributed by atoms with E-state index in [0.29, 0.717) is 19.5 Å². The molecule has 0 radical (unpaired) electrons. The lowest BCUT2D eigenvalue weighted by Crippen LogP contribution is -2.65. The van der Waals surface area contributed by atoms with Crippen molar-refractivity contribution in [2.75, 3.05) is 26.7 Å². The summed E-state index contributed by atoms with van der Waals surface area (Å²) in [7, 11) is 1.71. The SMILES string of the molecule is CCCC(CNC(=O)N1CCN(C)C(=O)C1(C)C)C(=O)O. The second-order valence-electron chi connectivity index (χ2n) is 5.95. The van der Waals surface area contributed by atoms with Crippen molar-refractivity contribution in [2.24, 2.45) is 5.92 Å². The average Bonchev–Trinajstić information content (AvgIpc) is 2.40. The second-order valence-corrected chi connectivity index (χ2v) is 5.95. The first-order chi connectivity index (χ1) is 9.71. The Labute approximate surface area is 125 Å². The number of hydrogen-bond acceptors (Lipinski definition) is 3. The van der Waals surface area contributed by atoms with Gasteiger partial charge >= 0.3 is 12.0 Å². The maximum absolute atomic E-state index is 12.2. The quantitative estimate of drug-likeness (QED) is 0.784. The lowest BCUT2D eigenvalue weighted by atomic mass is 9.98. The molecule has 1 rings (SSSR count). The first-order valence-corrected chi connectivity index (χ1v) is 7.25. The molecular formula is C14H25N3O4. The van der Waals surface area contributed by atoms with Crippen LogP contribution in [-0.4, -0.2) is 65.0 Å². The minimum absolute atomic E-state index is 0.0820. The highest BCUT2D eigenvalue weighted by molar-refractivity contribution is 5.91. The molecule has 0 aromatic heterocycles. The molecule has 21 heavy (non-hydrogen) atoms. The number of piperazine rings is 1. The van der Waals surface area contributed by atoms with E-state index in [1.54, 1.807) is 25.8 Å². The highest BCUT2D eigenvalue weighted by Crippen LogP contribution is 2.21. The summed E-state index contributed by atoms with van der Waals surface area (Å²) in [6.45, 7) is 6.30. The van der Waals surface area contributed by atoms with Crippen molar-refractivity contribution in [1.29, 1.82) is 0 Å². The van der Waals surface area contributed by atoms with E-state index in [4.69, 9.17) is 5.11 Å². The summed E-state index contributed by atoms with van der Waals surface area (Å²) in [5.74, 6) is -1.62. The lowest BCUT2D eigenvalue weighted by Gasteiger charge is -2.44. The molecule has 0 aromatic rings.